The average Bonchev–Trinajstić information content (AvgIpc) is 3.22. The number of ether oxygens (including phenoxy) is 2. The standard InChI is InChI=1S/C15H22FNO2/c1-9(11-5-6-11)17-10(2)12-7-14(18-3)15(19-4)8-13(12)16/h7-11,17H,5-6H2,1-4H3. The highest BCUT2D eigenvalue weighted by molar-refractivity contribution is 5.44. The lowest BCUT2D eigenvalue weighted by atomic mass is 10.0. The third-order valence-corrected chi connectivity index (χ3v) is 3.81. The maximum absolute atomic E-state index is 14.1. The van der Waals surface area contributed by atoms with E-state index >= 15 is 0 Å². The number of nitrogens with one attached hydrogen (secondary N) is 1. The minimum absolute atomic E-state index is 0.0459. The molecule has 0 bridgehead atoms. The fourth-order valence-corrected chi connectivity index (χ4v) is 2.42. The molecule has 2 rings (SSSR count). The molecule has 1 aliphatic rings. The first kappa shape index (κ1) is 14.1. The van der Waals surface area contributed by atoms with Crippen molar-refractivity contribution in [2.24, 2.45) is 5.92 Å². The smallest absolute Gasteiger partial charge is 0.163 e. The second-order valence-corrected chi connectivity index (χ2v) is 5.24. The molecule has 2 atom stereocenters. The minimum atomic E-state index is -0.263. The van der Waals surface area contributed by atoms with Gasteiger partial charge in [0, 0.05) is 23.7 Å². The summed E-state index contributed by atoms with van der Waals surface area (Å²) in [4.78, 5) is 0. The van der Waals surface area contributed by atoms with Crippen LogP contribution in [0, 0.1) is 11.7 Å². The Morgan fingerprint density at radius 2 is 1.74 bits per heavy atom. The van der Waals surface area contributed by atoms with Crippen LogP contribution in [-0.4, -0.2) is 20.3 Å². The van der Waals surface area contributed by atoms with Crippen LogP contribution in [0.1, 0.15) is 38.3 Å². The van der Waals surface area contributed by atoms with Crippen LogP contribution < -0.4 is 14.8 Å². The second kappa shape index (κ2) is 5.78. The number of methoxy groups -OCH3 is 2. The molecule has 106 valence electrons. The van der Waals surface area contributed by atoms with E-state index in [1.807, 2.05) is 6.92 Å². The summed E-state index contributed by atoms with van der Waals surface area (Å²) < 4.78 is 24.4. The molecule has 0 aliphatic heterocycles. The zero-order valence-electron chi connectivity index (χ0n) is 12.0. The summed E-state index contributed by atoms with van der Waals surface area (Å²) in [5.74, 6) is 1.46. The van der Waals surface area contributed by atoms with Gasteiger partial charge in [0.05, 0.1) is 14.2 Å². The molecule has 1 aromatic carbocycles. The van der Waals surface area contributed by atoms with Gasteiger partial charge in [0.1, 0.15) is 5.82 Å². The molecule has 1 saturated carbocycles. The Kier molecular flexibility index (Phi) is 4.30. The summed E-state index contributed by atoms with van der Waals surface area (Å²) in [5.41, 5.74) is 0.616. The number of rotatable bonds is 6. The number of hydrogen-bond acceptors (Lipinski definition) is 3. The molecule has 3 nitrogen and oxygen atoms in total. The summed E-state index contributed by atoms with van der Waals surface area (Å²) in [5, 5.41) is 3.45. The Balaban J connectivity index is 2.17. The minimum Gasteiger partial charge on any atom is -0.493 e. The molecule has 19 heavy (non-hydrogen) atoms. The molecular weight excluding hydrogens is 245 g/mol. The van der Waals surface area contributed by atoms with Crippen LogP contribution >= 0.6 is 0 Å². The van der Waals surface area contributed by atoms with Gasteiger partial charge in [-0.05, 0) is 38.7 Å². The summed E-state index contributed by atoms with van der Waals surface area (Å²) in [6.45, 7) is 4.13. The van der Waals surface area contributed by atoms with E-state index in [2.05, 4.69) is 12.2 Å². The first-order valence-corrected chi connectivity index (χ1v) is 6.74. The zero-order chi connectivity index (χ0) is 14.0. The molecule has 0 amide bonds. The van der Waals surface area contributed by atoms with E-state index in [9.17, 15) is 4.39 Å². The van der Waals surface area contributed by atoms with E-state index in [0.717, 1.165) is 5.92 Å². The van der Waals surface area contributed by atoms with E-state index in [0.29, 0.717) is 23.1 Å². The quantitative estimate of drug-likeness (QED) is 0.858. The van der Waals surface area contributed by atoms with Crippen LogP contribution in [0.15, 0.2) is 12.1 Å². The Labute approximate surface area is 114 Å². The molecule has 0 heterocycles. The summed E-state index contributed by atoms with van der Waals surface area (Å²) in [6.07, 6.45) is 2.55. The van der Waals surface area contributed by atoms with Crippen molar-refractivity contribution in [2.45, 2.75) is 38.8 Å². The van der Waals surface area contributed by atoms with Gasteiger partial charge in [0.25, 0.3) is 0 Å². The highest BCUT2D eigenvalue weighted by Gasteiger charge is 2.29. The lowest BCUT2D eigenvalue weighted by molar-refractivity contribution is 0.349. The molecule has 1 fully saturated rings. The Morgan fingerprint density at radius 3 is 2.26 bits per heavy atom. The van der Waals surface area contributed by atoms with Gasteiger partial charge in [-0.15, -0.1) is 0 Å². The van der Waals surface area contributed by atoms with E-state index in [1.54, 1.807) is 13.2 Å². The second-order valence-electron chi connectivity index (χ2n) is 5.24. The van der Waals surface area contributed by atoms with E-state index in [-0.39, 0.29) is 11.9 Å². The topological polar surface area (TPSA) is 30.5 Å². The lowest BCUT2D eigenvalue weighted by Gasteiger charge is -2.21. The lowest BCUT2D eigenvalue weighted by Crippen LogP contribution is -2.31. The van der Waals surface area contributed by atoms with Crippen molar-refractivity contribution in [2.75, 3.05) is 14.2 Å². The summed E-state index contributed by atoms with van der Waals surface area (Å²) in [6, 6.07) is 3.47. The van der Waals surface area contributed by atoms with E-state index in [1.165, 1.54) is 26.0 Å². The SMILES string of the molecule is COc1cc(F)c(C(C)NC(C)C2CC2)cc1OC. The molecule has 0 aromatic heterocycles. The van der Waals surface area contributed by atoms with Crippen LogP contribution in [0.25, 0.3) is 0 Å². The van der Waals surface area contributed by atoms with Crippen molar-refractivity contribution in [3.63, 3.8) is 0 Å². The molecule has 0 saturated heterocycles. The molecule has 2 unspecified atom stereocenters. The summed E-state index contributed by atoms with van der Waals surface area (Å²) >= 11 is 0. The largest absolute Gasteiger partial charge is 0.493 e. The number of hydrogen-bond donors (Lipinski definition) is 1. The van der Waals surface area contributed by atoms with E-state index < -0.39 is 0 Å². The third kappa shape index (κ3) is 3.18. The molecule has 1 N–H and O–H groups in total. The van der Waals surface area contributed by atoms with Crippen LogP contribution in [0.5, 0.6) is 11.5 Å². The predicted molar refractivity (Wildman–Crippen MR) is 73.2 cm³/mol. The zero-order valence-corrected chi connectivity index (χ0v) is 12.0. The fourth-order valence-electron chi connectivity index (χ4n) is 2.42. The van der Waals surface area contributed by atoms with Gasteiger partial charge >= 0.3 is 0 Å². The van der Waals surface area contributed by atoms with Gasteiger partial charge in [-0.1, -0.05) is 0 Å². The number of halogens is 1. The highest BCUT2D eigenvalue weighted by Crippen LogP contribution is 2.35. The van der Waals surface area contributed by atoms with E-state index in [4.69, 9.17) is 9.47 Å². The van der Waals surface area contributed by atoms with Crippen molar-refractivity contribution in [3.8, 4) is 11.5 Å². The third-order valence-electron chi connectivity index (χ3n) is 3.81. The fraction of sp³-hybridized carbons (Fsp3) is 0.600. The first-order valence-electron chi connectivity index (χ1n) is 6.74. The molecule has 0 spiro atoms. The molecular formula is C15H22FNO2. The van der Waals surface area contributed by atoms with Gasteiger partial charge < -0.3 is 14.8 Å². The molecule has 4 heteroatoms. The maximum Gasteiger partial charge on any atom is 0.163 e. The van der Waals surface area contributed by atoms with Crippen LogP contribution in [0.3, 0.4) is 0 Å². The maximum atomic E-state index is 14.1. The van der Waals surface area contributed by atoms with Crippen molar-refractivity contribution in [3.05, 3.63) is 23.5 Å². The Hall–Kier alpha value is -1.29. The number of benzene rings is 1. The van der Waals surface area contributed by atoms with Crippen molar-refractivity contribution in [1.29, 1.82) is 0 Å². The average molecular weight is 267 g/mol. The first-order chi connectivity index (χ1) is 9.06. The van der Waals surface area contributed by atoms with Gasteiger partial charge in [-0.2, -0.15) is 0 Å². The van der Waals surface area contributed by atoms with Crippen molar-refractivity contribution >= 4 is 0 Å². The van der Waals surface area contributed by atoms with Gasteiger partial charge in [-0.3, -0.25) is 0 Å². The van der Waals surface area contributed by atoms with Gasteiger partial charge in [0.2, 0.25) is 0 Å². The van der Waals surface area contributed by atoms with Crippen molar-refractivity contribution in [1.82, 2.24) is 5.32 Å². The Bertz CT molecular complexity index is 446. The predicted octanol–water partition coefficient (Wildman–Crippen LogP) is 3.29. The normalized spacial score (nSPS) is 17.9. The van der Waals surface area contributed by atoms with Crippen molar-refractivity contribution < 1.29 is 13.9 Å². The van der Waals surface area contributed by atoms with Crippen LogP contribution in [0.4, 0.5) is 4.39 Å². The van der Waals surface area contributed by atoms with Gasteiger partial charge in [-0.25, -0.2) is 4.39 Å². The molecule has 1 aliphatic carbocycles. The molecule has 0 radical (unpaired) electrons. The monoisotopic (exact) mass is 267 g/mol. The van der Waals surface area contributed by atoms with Crippen LogP contribution in [-0.2, 0) is 0 Å². The highest BCUT2D eigenvalue weighted by atomic mass is 19.1. The van der Waals surface area contributed by atoms with Gasteiger partial charge in [0.15, 0.2) is 11.5 Å². The van der Waals surface area contributed by atoms with Crippen LogP contribution in [0.2, 0.25) is 0 Å². The summed E-state index contributed by atoms with van der Waals surface area (Å²) in [7, 11) is 3.07. The molecule has 1 aromatic rings. The Morgan fingerprint density at radius 1 is 1.16 bits per heavy atom.